The Morgan fingerprint density at radius 3 is 3.06 bits per heavy atom. The Morgan fingerprint density at radius 2 is 2.44 bits per heavy atom. The lowest BCUT2D eigenvalue weighted by molar-refractivity contribution is 0.467. The van der Waals surface area contributed by atoms with Crippen molar-refractivity contribution in [2.75, 3.05) is 0 Å². The minimum Gasteiger partial charge on any atom is -0.506 e. The zero-order valence-electron chi connectivity index (χ0n) is 8.31. The smallest absolute Gasteiger partial charge is 0.142 e. The molecule has 0 radical (unpaired) electrons. The highest BCUT2D eigenvalue weighted by Gasteiger charge is 2.17. The minimum atomic E-state index is -0.0969. The second-order valence-corrected chi connectivity index (χ2v) is 3.58. The first-order chi connectivity index (χ1) is 7.70. The average molecular weight is 234 g/mol. The highest BCUT2D eigenvalue weighted by Crippen LogP contribution is 2.32. The van der Waals surface area contributed by atoms with E-state index in [1.165, 1.54) is 10.7 Å². The molecule has 0 atom stereocenters. The van der Waals surface area contributed by atoms with Gasteiger partial charge in [0.2, 0.25) is 0 Å². The van der Waals surface area contributed by atoms with E-state index in [1.54, 1.807) is 12.1 Å². The molecule has 2 rings (SSSR count). The number of hydrogen-bond donors (Lipinski definition) is 1. The van der Waals surface area contributed by atoms with Gasteiger partial charge in [0.05, 0.1) is 11.7 Å². The summed E-state index contributed by atoms with van der Waals surface area (Å²) >= 11 is 6.08. The van der Waals surface area contributed by atoms with Gasteiger partial charge in [0, 0.05) is 5.56 Å². The molecule has 80 valence electrons. The van der Waals surface area contributed by atoms with Gasteiger partial charge < -0.3 is 5.11 Å². The Hall–Kier alpha value is -1.99. The maximum absolute atomic E-state index is 9.92. The Kier molecular flexibility index (Phi) is 2.55. The number of halogens is 1. The molecule has 0 amide bonds. The third-order valence-electron chi connectivity index (χ3n) is 2.32. The molecule has 0 unspecified atom stereocenters. The molecule has 4 nitrogen and oxygen atoms in total. The van der Waals surface area contributed by atoms with Gasteiger partial charge in [-0.25, -0.2) is 4.52 Å². The van der Waals surface area contributed by atoms with Gasteiger partial charge in [0.25, 0.3) is 0 Å². The lowest BCUT2D eigenvalue weighted by Gasteiger charge is -2.09. The van der Waals surface area contributed by atoms with Crippen LogP contribution in [0.25, 0.3) is 5.52 Å². The minimum absolute atomic E-state index is 0.0969. The first-order valence-electron chi connectivity index (χ1n) is 4.58. The van der Waals surface area contributed by atoms with Gasteiger partial charge in [0.15, 0.2) is 0 Å². The summed E-state index contributed by atoms with van der Waals surface area (Å²) in [6.45, 7) is 3.58. The number of aromatic hydroxyl groups is 1. The van der Waals surface area contributed by atoms with E-state index in [1.807, 2.05) is 6.07 Å². The van der Waals surface area contributed by atoms with Crippen molar-refractivity contribution in [3.05, 3.63) is 41.2 Å². The molecule has 0 aliphatic rings. The van der Waals surface area contributed by atoms with Crippen LogP contribution in [0.2, 0.25) is 5.15 Å². The molecule has 0 aromatic carbocycles. The zero-order valence-corrected chi connectivity index (χ0v) is 9.07. The fourth-order valence-corrected chi connectivity index (χ4v) is 1.88. The second kappa shape index (κ2) is 3.87. The molecule has 0 saturated carbocycles. The zero-order chi connectivity index (χ0) is 11.7. The summed E-state index contributed by atoms with van der Waals surface area (Å²) in [6, 6.07) is 3.57. The van der Waals surface area contributed by atoms with Gasteiger partial charge in [-0.3, -0.25) is 0 Å². The number of aromatic nitrogens is 2. The van der Waals surface area contributed by atoms with Crippen LogP contribution in [0.4, 0.5) is 0 Å². The first-order valence-corrected chi connectivity index (χ1v) is 4.96. The van der Waals surface area contributed by atoms with E-state index in [2.05, 4.69) is 11.7 Å². The van der Waals surface area contributed by atoms with Gasteiger partial charge >= 0.3 is 0 Å². The van der Waals surface area contributed by atoms with Crippen LogP contribution >= 0.6 is 11.6 Å². The van der Waals surface area contributed by atoms with Crippen molar-refractivity contribution < 1.29 is 5.11 Å². The molecular formula is C11H8ClN3O. The molecular weight excluding hydrogens is 226 g/mol. The molecule has 16 heavy (non-hydrogen) atoms. The molecule has 0 fully saturated rings. The van der Waals surface area contributed by atoms with Crippen LogP contribution in [-0.2, 0) is 6.42 Å². The maximum atomic E-state index is 9.92. The van der Waals surface area contributed by atoms with Crippen molar-refractivity contribution in [2.24, 2.45) is 0 Å². The molecule has 1 N–H and O–H groups in total. The molecule has 0 aliphatic carbocycles. The van der Waals surface area contributed by atoms with E-state index < -0.39 is 0 Å². The van der Waals surface area contributed by atoms with Crippen LogP contribution in [0.15, 0.2) is 24.9 Å². The van der Waals surface area contributed by atoms with Crippen LogP contribution in [0.3, 0.4) is 0 Å². The highest BCUT2D eigenvalue weighted by atomic mass is 35.5. The summed E-state index contributed by atoms with van der Waals surface area (Å²) in [7, 11) is 0. The Bertz CT molecular complexity index is 610. The number of hydrogen-bond acceptors (Lipinski definition) is 3. The number of nitriles is 1. The van der Waals surface area contributed by atoms with Crippen molar-refractivity contribution >= 4 is 17.1 Å². The Morgan fingerprint density at radius 1 is 1.69 bits per heavy atom. The Balaban J connectivity index is 2.91. The summed E-state index contributed by atoms with van der Waals surface area (Å²) in [5.41, 5.74) is 1.14. The summed E-state index contributed by atoms with van der Waals surface area (Å²) in [5.74, 6) is -0.0969. The van der Waals surface area contributed by atoms with Crippen molar-refractivity contribution in [3.8, 4) is 11.8 Å². The molecule has 0 spiro atoms. The lowest BCUT2D eigenvalue weighted by atomic mass is 10.1. The monoisotopic (exact) mass is 233 g/mol. The first kappa shape index (κ1) is 10.5. The number of allylic oxidation sites excluding steroid dienone is 1. The van der Waals surface area contributed by atoms with Crippen molar-refractivity contribution in [1.29, 1.82) is 5.26 Å². The summed E-state index contributed by atoms with van der Waals surface area (Å²) in [5, 5.41) is 23.2. The molecule has 0 aliphatic heterocycles. The standard InChI is InChI=1S/C11H8ClN3O/c1-2-3-7-10(16)8(6-13)9-4-5-14-15(9)11(7)12/h2,4-5,16H,1,3H2. The van der Waals surface area contributed by atoms with E-state index in [0.29, 0.717) is 22.7 Å². The van der Waals surface area contributed by atoms with Crippen LogP contribution in [0.5, 0.6) is 5.75 Å². The second-order valence-electron chi connectivity index (χ2n) is 3.23. The SMILES string of the molecule is C=CCc1c(O)c(C#N)c2ccnn2c1Cl. The van der Waals surface area contributed by atoms with E-state index in [4.69, 9.17) is 16.9 Å². The largest absolute Gasteiger partial charge is 0.506 e. The molecule has 2 aromatic rings. The van der Waals surface area contributed by atoms with Gasteiger partial charge in [-0.15, -0.1) is 6.58 Å². The third kappa shape index (κ3) is 1.34. The van der Waals surface area contributed by atoms with Crippen molar-refractivity contribution in [1.82, 2.24) is 9.61 Å². The van der Waals surface area contributed by atoms with Gasteiger partial charge in [-0.2, -0.15) is 10.4 Å². The number of fused-ring (bicyclic) bond motifs is 1. The normalized spacial score (nSPS) is 10.2. The number of rotatable bonds is 2. The van der Waals surface area contributed by atoms with Crippen molar-refractivity contribution in [2.45, 2.75) is 6.42 Å². The average Bonchev–Trinajstić information content (AvgIpc) is 2.74. The molecule has 2 aromatic heterocycles. The quantitative estimate of drug-likeness (QED) is 0.640. The van der Waals surface area contributed by atoms with Crippen molar-refractivity contribution in [3.63, 3.8) is 0 Å². The molecule has 0 bridgehead atoms. The van der Waals surface area contributed by atoms with Crippen LogP contribution in [0.1, 0.15) is 11.1 Å². The Labute approximate surface area is 97.0 Å². The predicted octanol–water partition coefficient (Wildman–Crippen LogP) is 2.29. The summed E-state index contributed by atoms with van der Waals surface area (Å²) in [6.07, 6.45) is 3.52. The molecule has 2 heterocycles. The molecule has 0 saturated heterocycles. The van der Waals surface area contributed by atoms with Gasteiger partial charge in [-0.1, -0.05) is 17.7 Å². The predicted molar refractivity (Wildman–Crippen MR) is 60.5 cm³/mol. The number of nitrogens with zero attached hydrogens (tertiary/aromatic N) is 3. The fourth-order valence-electron chi connectivity index (χ4n) is 1.58. The van der Waals surface area contributed by atoms with E-state index in [0.717, 1.165) is 0 Å². The van der Waals surface area contributed by atoms with Gasteiger partial charge in [-0.05, 0) is 12.5 Å². The van der Waals surface area contributed by atoms with E-state index in [9.17, 15) is 5.11 Å². The van der Waals surface area contributed by atoms with Crippen LogP contribution in [-0.4, -0.2) is 14.7 Å². The third-order valence-corrected chi connectivity index (χ3v) is 2.70. The van der Waals surface area contributed by atoms with Crippen LogP contribution in [0, 0.1) is 11.3 Å². The summed E-state index contributed by atoms with van der Waals surface area (Å²) < 4.78 is 1.43. The van der Waals surface area contributed by atoms with E-state index in [-0.39, 0.29) is 11.3 Å². The number of pyridine rings is 1. The topological polar surface area (TPSA) is 61.3 Å². The van der Waals surface area contributed by atoms with E-state index >= 15 is 0 Å². The lowest BCUT2D eigenvalue weighted by Crippen LogP contribution is -1.99. The maximum Gasteiger partial charge on any atom is 0.142 e. The fraction of sp³-hybridized carbons (Fsp3) is 0.0909. The summed E-state index contributed by atoms with van der Waals surface area (Å²) in [4.78, 5) is 0. The highest BCUT2D eigenvalue weighted by molar-refractivity contribution is 6.30. The van der Waals surface area contributed by atoms with Gasteiger partial charge in [0.1, 0.15) is 22.5 Å². The molecule has 5 heteroatoms. The van der Waals surface area contributed by atoms with Crippen LogP contribution < -0.4 is 0 Å².